The molecule has 0 aliphatic carbocycles. The number of aryl methyl sites for hydroxylation is 1. The first-order valence-electron chi connectivity index (χ1n) is 6.30. The van der Waals surface area contributed by atoms with E-state index >= 15 is 0 Å². The Labute approximate surface area is 103 Å². The Morgan fingerprint density at radius 1 is 1.24 bits per heavy atom. The molecule has 0 aliphatic heterocycles. The largest absolute Gasteiger partial charge is 0.461 e. The van der Waals surface area contributed by atoms with Gasteiger partial charge in [0.2, 0.25) is 0 Å². The highest BCUT2D eigenvalue weighted by atomic mass is 16.3. The van der Waals surface area contributed by atoms with Crippen LogP contribution in [0.15, 0.2) is 28.7 Å². The van der Waals surface area contributed by atoms with Gasteiger partial charge in [0.25, 0.3) is 0 Å². The average molecular weight is 231 g/mol. The predicted molar refractivity (Wildman–Crippen MR) is 72.1 cm³/mol. The zero-order valence-corrected chi connectivity index (χ0v) is 10.9. The van der Waals surface area contributed by atoms with Crippen LogP contribution in [0.2, 0.25) is 0 Å². The van der Waals surface area contributed by atoms with E-state index in [9.17, 15) is 0 Å². The molecule has 1 heterocycles. The van der Waals surface area contributed by atoms with Gasteiger partial charge in [-0.05, 0) is 31.7 Å². The second-order valence-electron chi connectivity index (χ2n) is 5.23. The first kappa shape index (κ1) is 12.2. The Morgan fingerprint density at radius 3 is 2.65 bits per heavy atom. The fraction of sp³-hybridized carbons (Fsp3) is 0.467. The van der Waals surface area contributed by atoms with Crippen molar-refractivity contribution in [2.45, 2.75) is 39.7 Å². The molecule has 1 aromatic heterocycles. The number of hydrogen-bond donors (Lipinski definition) is 1. The number of para-hydroxylation sites is 1. The van der Waals surface area contributed by atoms with E-state index in [0.29, 0.717) is 5.92 Å². The molecule has 0 amide bonds. The highest BCUT2D eigenvalue weighted by Gasteiger charge is 2.14. The normalized spacial score (nSPS) is 13.5. The lowest BCUT2D eigenvalue weighted by Crippen LogP contribution is -2.24. The summed E-state index contributed by atoms with van der Waals surface area (Å²) >= 11 is 0. The van der Waals surface area contributed by atoms with Gasteiger partial charge < -0.3 is 10.2 Å². The lowest BCUT2D eigenvalue weighted by Gasteiger charge is -2.13. The van der Waals surface area contributed by atoms with Gasteiger partial charge in [0.1, 0.15) is 11.3 Å². The van der Waals surface area contributed by atoms with E-state index in [2.05, 4.69) is 26.0 Å². The van der Waals surface area contributed by atoms with Gasteiger partial charge in [-0.3, -0.25) is 0 Å². The smallest absolute Gasteiger partial charge is 0.134 e. The number of furan rings is 1. The van der Waals surface area contributed by atoms with Gasteiger partial charge in [-0.1, -0.05) is 32.0 Å². The molecule has 0 saturated carbocycles. The van der Waals surface area contributed by atoms with Crippen molar-refractivity contribution in [1.29, 1.82) is 0 Å². The van der Waals surface area contributed by atoms with Crippen molar-refractivity contribution in [3.63, 3.8) is 0 Å². The summed E-state index contributed by atoms with van der Waals surface area (Å²) in [5.74, 6) is 1.65. The molecule has 2 aromatic rings. The lowest BCUT2D eigenvalue weighted by atomic mass is 9.96. The number of hydrogen-bond acceptors (Lipinski definition) is 2. The van der Waals surface area contributed by atoms with Crippen LogP contribution in [0.25, 0.3) is 11.0 Å². The minimum Gasteiger partial charge on any atom is -0.461 e. The number of rotatable bonds is 4. The Kier molecular flexibility index (Phi) is 3.53. The van der Waals surface area contributed by atoms with E-state index in [4.69, 9.17) is 10.2 Å². The van der Waals surface area contributed by atoms with E-state index in [0.717, 1.165) is 24.2 Å². The fourth-order valence-corrected chi connectivity index (χ4v) is 2.43. The standard InChI is InChI=1S/C15H21NO/c1-10(2)8-12(16)9-14-11(3)17-15-7-5-4-6-13(14)15/h4-7,10,12H,8-9,16H2,1-3H3. The van der Waals surface area contributed by atoms with Crippen molar-refractivity contribution in [1.82, 2.24) is 0 Å². The molecule has 0 radical (unpaired) electrons. The molecule has 1 aromatic carbocycles. The molecule has 0 fully saturated rings. The van der Waals surface area contributed by atoms with Crippen LogP contribution >= 0.6 is 0 Å². The van der Waals surface area contributed by atoms with Crippen molar-refractivity contribution in [2.75, 3.05) is 0 Å². The maximum absolute atomic E-state index is 6.18. The van der Waals surface area contributed by atoms with Gasteiger partial charge in [-0.15, -0.1) is 0 Å². The molecule has 1 unspecified atom stereocenters. The summed E-state index contributed by atoms with van der Waals surface area (Å²) in [7, 11) is 0. The van der Waals surface area contributed by atoms with Gasteiger partial charge in [0, 0.05) is 17.0 Å². The number of benzene rings is 1. The van der Waals surface area contributed by atoms with Crippen LogP contribution in [0, 0.1) is 12.8 Å². The summed E-state index contributed by atoms with van der Waals surface area (Å²) in [6.45, 7) is 6.44. The summed E-state index contributed by atoms with van der Waals surface area (Å²) < 4.78 is 5.75. The minimum absolute atomic E-state index is 0.217. The summed E-state index contributed by atoms with van der Waals surface area (Å²) in [6.07, 6.45) is 1.96. The molecule has 2 rings (SSSR count). The van der Waals surface area contributed by atoms with Crippen LogP contribution in [0.5, 0.6) is 0 Å². The number of nitrogens with two attached hydrogens (primary N) is 1. The third-order valence-corrected chi connectivity index (χ3v) is 3.14. The SMILES string of the molecule is Cc1oc2ccccc2c1CC(N)CC(C)C. The third-order valence-electron chi connectivity index (χ3n) is 3.14. The van der Waals surface area contributed by atoms with E-state index in [1.807, 2.05) is 19.1 Å². The van der Waals surface area contributed by atoms with Gasteiger partial charge in [0.05, 0.1) is 0 Å². The summed E-state index contributed by atoms with van der Waals surface area (Å²) in [6, 6.07) is 8.40. The Hall–Kier alpha value is -1.28. The van der Waals surface area contributed by atoms with Crippen LogP contribution in [0.3, 0.4) is 0 Å². The molecular formula is C15H21NO. The van der Waals surface area contributed by atoms with Crippen molar-refractivity contribution in [3.05, 3.63) is 35.6 Å². The summed E-state index contributed by atoms with van der Waals surface area (Å²) in [5, 5.41) is 1.21. The first-order chi connectivity index (χ1) is 8.08. The lowest BCUT2D eigenvalue weighted by molar-refractivity contribution is 0.488. The van der Waals surface area contributed by atoms with E-state index < -0.39 is 0 Å². The van der Waals surface area contributed by atoms with Crippen LogP contribution in [0.1, 0.15) is 31.6 Å². The second-order valence-corrected chi connectivity index (χ2v) is 5.23. The zero-order chi connectivity index (χ0) is 12.4. The summed E-state index contributed by atoms with van der Waals surface area (Å²) in [5.41, 5.74) is 8.43. The molecule has 92 valence electrons. The fourth-order valence-electron chi connectivity index (χ4n) is 2.43. The van der Waals surface area contributed by atoms with Gasteiger partial charge >= 0.3 is 0 Å². The average Bonchev–Trinajstić information content (AvgIpc) is 2.55. The van der Waals surface area contributed by atoms with Crippen molar-refractivity contribution in [2.24, 2.45) is 11.7 Å². The highest BCUT2D eigenvalue weighted by molar-refractivity contribution is 5.82. The van der Waals surface area contributed by atoms with Gasteiger partial charge in [0.15, 0.2) is 0 Å². The topological polar surface area (TPSA) is 39.2 Å². The molecule has 0 spiro atoms. The molecular weight excluding hydrogens is 210 g/mol. The van der Waals surface area contributed by atoms with Crippen molar-refractivity contribution in [3.8, 4) is 0 Å². The quantitative estimate of drug-likeness (QED) is 0.872. The second kappa shape index (κ2) is 4.92. The predicted octanol–water partition coefficient (Wildman–Crippen LogP) is 3.66. The van der Waals surface area contributed by atoms with E-state index in [-0.39, 0.29) is 6.04 Å². The van der Waals surface area contributed by atoms with Crippen molar-refractivity contribution < 1.29 is 4.42 Å². The minimum atomic E-state index is 0.217. The maximum Gasteiger partial charge on any atom is 0.134 e. The Balaban J connectivity index is 2.26. The summed E-state index contributed by atoms with van der Waals surface area (Å²) in [4.78, 5) is 0. The molecule has 17 heavy (non-hydrogen) atoms. The third kappa shape index (κ3) is 2.70. The van der Waals surface area contributed by atoms with Gasteiger partial charge in [-0.2, -0.15) is 0 Å². The van der Waals surface area contributed by atoms with Crippen LogP contribution in [-0.2, 0) is 6.42 Å². The van der Waals surface area contributed by atoms with Crippen LogP contribution in [-0.4, -0.2) is 6.04 Å². The van der Waals surface area contributed by atoms with Gasteiger partial charge in [-0.25, -0.2) is 0 Å². The molecule has 2 heteroatoms. The molecule has 2 nitrogen and oxygen atoms in total. The first-order valence-corrected chi connectivity index (χ1v) is 6.30. The van der Waals surface area contributed by atoms with Crippen LogP contribution < -0.4 is 5.73 Å². The Morgan fingerprint density at radius 2 is 1.94 bits per heavy atom. The molecule has 0 bridgehead atoms. The monoisotopic (exact) mass is 231 g/mol. The molecule has 1 atom stereocenters. The Bertz CT molecular complexity index is 499. The highest BCUT2D eigenvalue weighted by Crippen LogP contribution is 2.26. The zero-order valence-electron chi connectivity index (χ0n) is 10.9. The van der Waals surface area contributed by atoms with Crippen molar-refractivity contribution >= 4 is 11.0 Å². The van der Waals surface area contributed by atoms with Crippen LogP contribution in [0.4, 0.5) is 0 Å². The van der Waals surface area contributed by atoms with E-state index in [1.54, 1.807) is 0 Å². The molecule has 0 saturated heterocycles. The maximum atomic E-state index is 6.18. The number of fused-ring (bicyclic) bond motifs is 1. The molecule has 0 aliphatic rings. The molecule has 2 N–H and O–H groups in total. The van der Waals surface area contributed by atoms with E-state index in [1.165, 1.54) is 10.9 Å².